The van der Waals surface area contributed by atoms with Gasteiger partial charge in [-0.05, 0) is 19.4 Å². The molecule has 0 radical (unpaired) electrons. The Hall–Kier alpha value is -2.21. The van der Waals surface area contributed by atoms with Crippen molar-refractivity contribution in [3.05, 3.63) is 47.3 Å². The molecule has 1 aromatic heterocycles. The van der Waals surface area contributed by atoms with Gasteiger partial charge in [0, 0.05) is 13.1 Å². The van der Waals surface area contributed by atoms with E-state index in [0.29, 0.717) is 11.7 Å². The number of carbonyl (C=O) groups excluding carboxylic acids is 1. The fourth-order valence-corrected chi connectivity index (χ4v) is 2.23. The highest BCUT2D eigenvalue weighted by Crippen LogP contribution is 2.14. The molecule has 2 N–H and O–H groups in total. The Bertz CT molecular complexity index is 630. The summed E-state index contributed by atoms with van der Waals surface area (Å²) in [6.45, 7) is 5.76. The smallest absolute Gasteiger partial charge is 0.273 e. The third kappa shape index (κ3) is 2.95. The molecule has 0 aliphatic carbocycles. The maximum absolute atomic E-state index is 12.2. The number of amides is 1. The van der Waals surface area contributed by atoms with E-state index in [1.165, 1.54) is 5.56 Å². The highest BCUT2D eigenvalue weighted by Gasteiger charge is 2.22. The number of nitrogens with one attached hydrogen (secondary N) is 2. The Balaban J connectivity index is 1.65. The Morgan fingerprint density at radius 1 is 1.38 bits per heavy atom. The van der Waals surface area contributed by atoms with E-state index in [1.54, 1.807) is 10.9 Å². The van der Waals surface area contributed by atoms with Gasteiger partial charge in [0.25, 0.3) is 5.91 Å². The van der Waals surface area contributed by atoms with E-state index >= 15 is 0 Å². The molecule has 6 heteroatoms. The zero-order valence-electron chi connectivity index (χ0n) is 12.2. The molecule has 1 atom stereocenters. The summed E-state index contributed by atoms with van der Waals surface area (Å²) < 4.78 is 1.75. The monoisotopic (exact) mass is 285 g/mol. The van der Waals surface area contributed by atoms with Crippen molar-refractivity contribution >= 4 is 5.91 Å². The lowest BCUT2D eigenvalue weighted by Gasteiger charge is -2.26. The van der Waals surface area contributed by atoms with Crippen LogP contribution in [0.25, 0.3) is 0 Å². The van der Waals surface area contributed by atoms with Crippen LogP contribution < -0.4 is 10.6 Å². The Kier molecular flexibility index (Phi) is 3.70. The van der Waals surface area contributed by atoms with Crippen LogP contribution in [0, 0.1) is 6.92 Å². The number of nitrogens with zero attached hydrogens (tertiary/aromatic N) is 3. The molecular formula is C15H19N5O. The zero-order valence-corrected chi connectivity index (χ0v) is 12.2. The third-order valence-corrected chi connectivity index (χ3v) is 3.80. The second kappa shape index (κ2) is 5.65. The molecule has 110 valence electrons. The highest BCUT2D eigenvalue weighted by molar-refractivity contribution is 5.92. The minimum atomic E-state index is -0.193. The maximum Gasteiger partial charge on any atom is 0.273 e. The van der Waals surface area contributed by atoms with Crippen molar-refractivity contribution in [2.24, 2.45) is 0 Å². The number of rotatable bonds is 4. The fraction of sp³-hybridized carbons (Fsp3) is 0.400. The summed E-state index contributed by atoms with van der Waals surface area (Å²) in [4.78, 5) is 12.2. The van der Waals surface area contributed by atoms with Crippen molar-refractivity contribution < 1.29 is 4.79 Å². The summed E-state index contributed by atoms with van der Waals surface area (Å²) in [6, 6.07) is 8.38. The standard InChI is InChI=1S/C15H19N5O/c1-10-3-5-12(6-4-10)11(2)17-15(21)14-9-20(19-18-14)13-7-16-8-13/h3-6,9,11,13,16H,7-8H2,1-2H3,(H,17,21). The quantitative estimate of drug-likeness (QED) is 0.886. The number of aromatic nitrogens is 3. The van der Waals surface area contributed by atoms with E-state index in [1.807, 2.05) is 38.1 Å². The van der Waals surface area contributed by atoms with Gasteiger partial charge in [0.15, 0.2) is 5.69 Å². The molecule has 2 heterocycles. The molecule has 1 aliphatic heterocycles. The van der Waals surface area contributed by atoms with Crippen LogP contribution in [0.5, 0.6) is 0 Å². The van der Waals surface area contributed by atoms with E-state index in [9.17, 15) is 4.79 Å². The van der Waals surface area contributed by atoms with Gasteiger partial charge < -0.3 is 10.6 Å². The van der Waals surface area contributed by atoms with Crippen molar-refractivity contribution in [2.75, 3.05) is 13.1 Å². The van der Waals surface area contributed by atoms with Gasteiger partial charge in [0.1, 0.15) is 0 Å². The topological polar surface area (TPSA) is 71.8 Å². The fourth-order valence-electron chi connectivity index (χ4n) is 2.23. The molecule has 0 saturated carbocycles. The van der Waals surface area contributed by atoms with E-state index in [4.69, 9.17) is 0 Å². The van der Waals surface area contributed by atoms with E-state index < -0.39 is 0 Å². The van der Waals surface area contributed by atoms with Crippen molar-refractivity contribution in [3.8, 4) is 0 Å². The van der Waals surface area contributed by atoms with Crippen LogP contribution in [0.3, 0.4) is 0 Å². The normalized spacial score (nSPS) is 16.3. The van der Waals surface area contributed by atoms with Gasteiger partial charge in [-0.1, -0.05) is 35.0 Å². The number of hydrogen-bond acceptors (Lipinski definition) is 4. The lowest BCUT2D eigenvalue weighted by Crippen LogP contribution is -2.43. The molecule has 1 aliphatic rings. The summed E-state index contributed by atoms with van der Waals surface area (Å²) >= 11 is 0. The Morgan fingerprint density at radius 2 is 2.10 bits per heavy atom. The third-order valence-electron chi connectivity index (χ3n) is 3.80. The summed E-state index contributed by atoms with van der Waals surface area (Å²) in [5, 5.41) is 14.1. The molecule has 21 heavy (non-hydrogen) atoms. The molecule has 1 unspecified atom stereocenters. The van der Waals surface area contributed by atoms with Gasteiger partial charge in [-0.3, -0.25) is 4.79 Å². The first-order valence-electron chi connectivity index (χ1n) is 7.13. The minimum absolute atomic E-state index is 0.0615. The second-order valence-corrected chi connectivity index (χ2v) is 5.50. The molecule has 0 spiro atoms. The van der Waals surface area contributed by atoms with Gasteiger partial charge in [0.2, 0.25) is 0 Å². The molecule has 1 saturated heterocycles. The predicted molar refractivity (Wildman–Crippen MR) is 79.0 cm³/mol. The number of benzene rings is 1. The van der Waals surface area contributed by atoms with Crippen LogP contribution in [0.4, 0.5) is 0 Å². The molecule has 3 rings (SSSR count). The van der Waals surface area contributed by atoms with E-state index in [-0.39, 0.29) is 11.9 Å². The van der Waals surface area contributed by atoms with Crippen LogP contribution in [-0.2, 0) is 0 Å². The molecule has 2 aromatic rings. The number of carbonyl (C=O) groups is 1. The SMILES string of the molecule is Cc1ccc(C(C)NC(=O)c2cn(C3CNC3)nn2)cc1. The van der Waals surface area contributed by atoms with Gasteiger partial charge in [0.05, 0.1) is 18.3 Å². The van der Waals surface area contributed by atoms with Gasteiger partial charge >= 0.3 is 0 Å². The van der Waals surface area contributed by atoms with Gasteiger partial charge in [-0.15, -0.1) is 5.10 Å². The Morgan fingerprint density at radius 3 is 2.71 bits per heavy atom. The highest BCUT2D eigenvalue weighted by atomic mass is 16.2. The molecule has 1 fully saturated rings. The maximum atomic E-state index is 12.2. The van der Waals surface area contributed by atoms with Crippen molar-refractivity contribution in [1.82, 2.24) is 25.6 Å². The van der Waals surface area contributed by atoms with Crippen LogP contribution in [0.1, 0.15) is 40.6 Å². The number of hydrogen-bond donors (Lipinski definition) is 2. The summed E-state index contributed by atoms with van der Waals surface area (Å²) in [6.07, 6.45) is 1.71. The number of aryl methyl sites for hydroxylation is 1. The minimum Gasteiger partial charge on any atom is -0.344 e. The van der Waals surface area contributed by atoms with Crippen LogP contribution in [-0.4, -0.2) is 34.0 Å². The first-order chi connectivity index (χ1) is 10.1. The molecule has 1 aromatic carbocycles. The van der Waals surface area contributed by atoms with Crippen molar-refractivity contribution in [1.29, 1.82) is 0 Å². The van der Waals surface area contributed by atoms with Crippen LogP contribution >= 0.6 is 0 Å². The summed E-state index contributed by atoms with van der Waals surface area (Å²) in [5.74, 6) is -0.193. The Labute approximate surface area is 123 Å². The second-order valence-electron chi connectivity index (χ2n) is 5.50. The predicted octanol–water partition coefficient (Wildman–Crippen LogP) is 1.22. The van der Waals surface area contributed by atoms with Gasteiger partial charge in [-0.25, -0.2) is 4.68 Å². The first kappa shape index (κ1) is 13.8. The lowest BCUT2D eigenvalue weighted by molar-refractivity contribution is 0.0934. The molecule has 1 amide bonds. The first-order valence-corrected chi connectivity index (χ1v) is 7.13. The van der Waals surface area contributed by atoms with Gasteiger partial charge in [-0.2, -0.15) is 0 Å². The molecule has 6 nitrogen and oxygen atoms in total. The van der Waals surface area contributed by atoms with Crippen LogP contribution in [0.2, 0.25) is 0 Å². The van der Waals surface area contributed by atoms with Crippen molar-refractivity contribution in [2.45, 2.75) is 25.9 Å². The van der Waals surface area contributed by atoms with E-state index in [0.717, 1.165) is 18.7 Å². The zero-order chi connectivity index (χ0) is 14.8. The largest absolute Gasteiger partial charge is 0.344 e. The summed E-state index contributed by atoms with van der Waals surface area (Å²) in [5.41, 5.74) is 2.64. The van der Waals surface area contributed by atoms with E-state index in [2.05, 4.69) is 20.9 Å². The van der Waals surface area contributed by atoms with Crippen molar-refractivity contribution in [3.63, 3.8) is 0 Å². The molecular weight excluding hydrogens is 266 g/mol. The summed E-state index contributed by atoms with van der Waals surface area (Å²) in [7, 11) is 0. The lowest BCUT2D eigenvalue weighted by atomic mass is 10.1. The molecule has 0 bridgehead atoms. The average Bonchev–Trinajstić information content (AvgIpc) is 2.86. The average molecular weight is 285 g/mol. The van der Waals surface area contributed by atoms with Crippen LogP contribution in [0.15, 0.2) is 30.5 Å².